The molecule has 2 nitrogen and oxygen atoms in total. The maximum atomic E-state index is 4.41. The number of nitrogens with zero attached hydrogens (tertiary/aromatic N) is 1. The minimum Gasteiger partial charge on any atom is -0.341 e. The van der Waals surface area contributed by atoms with Crippen molar-refractivity contribution >= 4 is 5.71 Å². The van der Waals surface area contributed by atoms with Crippen molar-refractivity contribution in [2.75, 3.05) is 0 Å². The third-order valence-electron chi connectivity index (χ3n) is 2.05. The number of hydrogen-bond donors (Lipinski definition) is 1. The molecule has 2 heteroatoms. The lowest BCUT2D eigenvalue weighted by atomic mass is 10.2. The molecule has 0 amide bonds. The van der Waals surface area contributed by atoms with Crippen LogP contribution >= 0.6 is 0 Å². The average Bonchev–Trinajstić information content (AvgIpc) is 2.24. The Morgan fingerprint density at radius 1 is 1.17 bits per heavy atom. The van der Waals surface area contributed by atoms with Crippen LogP contribution in [-0.2, 0) is 0 Å². The summed E-state index contributed by atoms with van der Waals surface area (Å²) in [6.45, 7) is 14.3. The summed E-state index contributed by atoms with van der Waals surface area (Å²) in [4.78, 5) is 4.41. The van der Waals surface area contributed by atoms with Crippen molar-refractivity contribution < 1.29 is 0 Å². The van der Waals surface area contributed by atoms with Crippen LogP contribution in [0.1, 0.15) is 47.5 Å². The Hall–Kier alpha value is -1.57. The van der Waals surface area contributed by atoms with Crippen LogP contribution in [0, 0.1) is 0 Å². The standard InChI is InChI=1S/C16H26N2/c1-7-9-11-16(10-8-2)18-15(6)17-14(5)12-13(3)4/h9-12,18H,6-8H2,1-5H3/b11-9-,16-10+,17-14-. The summed E-state index contributed by atoms with van der Waals surface area (Å²) in [6, 6.07) is 0. The molecule has 0 saturated heterocycles. The lowest BCUT2D eigenvalue weighted by molar-refractivity contribution is 0.966. The summed E-state index contributed by atoms with van der Waals surface area (Å²) in [5, 5.41) is 3.22. The summed E-state index contributed by atoms with van der Waals surface area (Å²) < 4.78 is 0. The maximum Gasteiger partial charge on any atom is 0.123 e. The van der Waals surface area contributed by atoms with E-state index in [9.17, 15) is 0 Å². The van der Waals surface area contributed by atoms with E-state index in [1.807, 2.05) is 13.0 Å². The van der Waals surface area contributed by atoms with Gasteiger partial charge in [0.15, 0.2) is 0 Å². The second kappa shape index (κ2) is 9.46. The van der Waals surface area contributed by atoms with Gasteiger partial charge in [-0.1, -0.05) is 38.2 Å². The zero-order valence-electron chi connectivity index (χ0n) is 12.4. The smallest absolute Gasteiger partial charge is 0.123 e. The zero-order valence-corrected chi connectivity index (χ0v) is 12.4. The summed E-state index contributed by atoms with van der Waals surface area (Å²) in [6.07, 6.45) is 10.4. The first-order valence-electron chi connectivity index (χ1n) is 6.52. The van der Waals surface area contributed by atoms with Crippen LogP contribution in [0.15, 0.2) is 53.0 Å². The van der Waals surface area contributed by atoms with Crippen LogP contribution in [-0.4, -0.2) is 5.71 Å². The molecule has 0 spiro atoms. The third kappa shape index (κ3) is 8.57. The molecule has 0 aromatic heterocycles. The van der Waals surface area contributed by atoms with E-state index in [1.54, 1.807) is 0 Å². The van der Waals surface area contributed by atoms with Crippen molar-refractivity contribution in [3.05, 3.63) is 48.0 Å². The van der Waals surface area contributed by atoms with Crippen molar-refractivity contribution in [1.29, 1.82) is 0 Å². The predicted molar refractivity (Wildman–Crippen MR) is 82.6 cm³/mol. The molecule has 0 radical (unpaired) electrons. The topological polar surface area (TPSA) is 24.4 Å². The number of nitrogens with one attached hydrogen (secondary N) is 1. The molecule has 0 unspecified atom stereocenters. The van der Waals surface area contributed by atoms with Gasteiger partial charge in [-0.3, -0.25) is 0 Å². The van der Waals surface area contributed by atoms with Crippen molar-refractivity contribution in [3.8, 4) is 0 Å². The second-order valence-corrected chi connectivity index (χ2v) is 4.42. The largest absolute Gasteiger partial charge is 0.341 e. The summed E-state index contributed by atoms with van der Waals surface area (Å²) >= 11 is 0. The Bertz CT molecular complexity index is 378. The van der Waals surface area contributed by atoms with E-state index in [4.69, 9.17) is 0 Å². The fourth-order valence-electron chi connectivity index (χ4n) is 1.48. The van der Waals surface area contributed by atoms with E-state index in [0.29, 0.717) is 5.82 Å². The van der Waals surface area contributed by atoms with Gasteiger partial charge in [0, 0.05) is 11.4 Å². The molecule has 0 aliphatic rings. The number of hydrogen-bond acceptors (Lipinski definition) is 2. The maximum absolute atomic E-state index is 4.41. The number of rotatable bonds is 7. The van der Waals surface area contributed by atoms with Crippen LogP contribution in [0.3, 0.4) is 0 Å². The van der Waals surface area contributed by atoms with Crippen LogP contribution in [0.4, 0.5) is 0 Å². The SMILES string of the molecule is C=C(/N=C(/C)C=C(C)C)NC(/C=C\CC)=C/CC. The van der Waals surface area contributed by atoms with Gasteiger partial charge in [0.05, 0.1) is 0 Å². The van der Waals surface area contributed by atoms with E-state index < -0.39 is 0 Å². The molecule has 18 heavy (non-hydrogen) atoms. The normalized spacial score (nSPS) is 12.7. The van der Waals surface area contributed by atoms with Crippen molar-refractivity contribution in [1.82, 2.24) is 5.32 Å². The summed E-state index contributed by atoms with van der Waals surface area (Å²) in [7, 11) is 0. The highest BCUT2D eigenvalue weighted by molar-refractivity contribution is 5.93. The minimum absolute atomic E-state index is 0.672. The van der Waals surface area contributed by atoms with Gasteiger partial charge >= 0.3 is 0 Å². The fourth-order valence-corrected chi connectivity index (χ4v) is 1.48. The Balaban J connectivity index is 4.67. The van der Waals surface area contributed by atoms with Gasteiger partial charge in [0.2, 0.25) is 0 Å². The van der Waals surface area contributed by atoms with E-state index in [0.717, 1.165) is 24.3 Å². The molecule has 0 aromatic carbocycles. The molecule has 0 saturated carbocycles. The average molecular weight is 246 g/mol. The van der Waals surface area contributed by atoms with Crippen molar-refractivity contribution in [2.24, 2.45) is 4.99 Å². The van der Waals surface area contributed by atoms with Gasteiger partial charge in [-0.05, 0) is 45.8 Å². The Kier molecular flexibility index (Phi) is 8.63. The fraction of sp³-hybridized carbons (Fsp3) is 0.438. The monoisotopic (exact) mass is 246 g/mol. The highest BCUT2D eigenvalue weighted by atomic mass is 15.0. The van der Waals surface area contributed by atoms with Gasteiger partial charge in [-0.2, -0.15) is 0 Å². The molecule has 0 aliphatic heterocycles. The molecular weight excluding hydrogens is 220 g/mol. The molecule has 0 heterocycles. The van der Waals surface area contributed by atoms with E-state index in [2.05, 4.69) is 62.8 Å². The Morgan fingerprint density at radius 3 is 2.33 bits per heavy atom. The summed E-state index contributed by atoms with van der Waals surface area (Å²) in [5.74, 6) is 0.672. The van der Waals surface area contributed by atoms with E-state index in [-0.39, 0.29) is 0 Å². The van der Waals surface area contributed by atoms with Crippen molar-refractivity contribution in [2.45, 2.75) is 47.5 Å². The molecule has 1 N–H and O–H groups in total. The second-order valence-electron chi connectivity index (χ2n) is 4.42. The van der Waals surface area contributed by atoms with Crippen LogP contribution in [0.2, 0.25) is 0 Å². The highest BCUT2D eigenvalue weighted by Crippen LogP contribution is 2.02. The predicted octanol–water partition coefficient (Wildman–Crippen LogP) is 4.73. The van der Waals surface area contributed by atoms with Gasteiger partial charge in [0.1, 0.15) is 5.82 Å². The molecule has 0 aromatic rings. The lowest BCUT2D eigenvalue weighted by Gasteiger charge is -2.07. The molecule has 0 atom stereocenters. The first-order chi connectivity index (χ1) is 8.49. The third-order valence-corrected chi connectivity index (χ3v) is 2.05. The Morgan fingerprint density at radius 2 is 1.83 bits per heavy atom. The minimum atomic E-state index is 0.672. The van der Waals surface area contributed by atoms with Gasteiger partial charge in [0.25, 0.3) is 0 Å². The molecule has 100 valence electrons. The summed E-state index contributed by atoms with van der Waals surface area (Å²) in [5.41, 5.74) is 3.25. The highest BCUT2D eigenvalue weighted by Gasteiger charge is 1.94. The van der Waals surface area contributed by atoms with Crippen LogP contribution in [0.25, 0.3) is 0 Å². The van der Waals surface area contributed by atoms with Crippen molar-refractivity contribution in [3.63, 3.8) is 0 Å². The van der Waals surface area contributed by atoms with Gasteiger partial charge in [-0.25, -0.2) is 4.99 Å². The molecule has 0 rings (SSSR count). The number of allylic oxidation sites excluding steroid dienone is 5. The Labute approximate surface area is 112 Å². The van der Waals surface area contributed by atoms with E-state index >= 15 is 0 Å². The first kappa shape index (κ1) is 16.4. The molecule has 0 aliphatic carbocycles. The molecule has 0 fully saturated rings. The molecular formula is C16H26N2. The van der Waals surface area contributed by atoms with E-state index in [1.165, 1.54) is 5.57 Å². The molecule has 0 bridgehead atoms. The quantitative estimate of drug-likeness (QED) is 0.509. The lowest BCUT2D eigenvalue weighted by Crippen LogP contribution is -2.10. The van der Waals surface area contributed by atoms with Gasteiger partial charge < -0.3 is 5.32 Å². The van der Waals surface area contributed by atoms with Crippen LogP contribution in [0.5, 0.6) is 0 Å². The zero-order chi connectivity index (χ0) is 14.0. The van der Waals surface area contributed by atoms with Crippen LogP contribution < -0.4 is 5.32 Å². The van der Waals surface area contributed by atoms with Gasteiger partial charge in [-0.15, -0.1) is 0 Å². The first-order valence-corrected chi connectivity index (χ1v) is 6.52. The number of aliphatic imine (C=N–C) groups is 1.